The van der Waals surface area contributed by atoms with Crippen LogP contribution in [0.25, 0.3) is 0 Å². The van der Waals surface area contributed by atoms with Crippen LogP contribution in [-0.4, -0.2) is 4.98 Å². The van der Waals surface area contributed by atoms with Crippen LogP contribution in [0, 0.1) is 11.6 Å². The standard InChI is InChI=1S/C12H9ClF2N2/c13-10-3-4-16-7-12(10)17-6-8-5-9(14)1-2-11(8)15/h1-5,7,17H,6H2. The number of anilines is 1. The third-order valence-electron chi connectivity index (χ3n) is 2.24. The molecule has 5 heteroatoms. The second kappa shape index (κ2) is 5.10. The van der Waals surface area contributed by atoms with E-state index in [1.807, 2.05) is 0 Å². The molecule has 2 nitrogen and oxygen atoms in total. The zero-order valence-electron chi connectivity index (χ0n) is 8.75. The molecular formula is C12H9ClF2N2. The van der Waals surface area contributed by atoms with Gasteiger partial charge in [0.2, 0.25) is 0 Å². The van der Waals surface area contributed by atoms with E-state index in [9.17, 15) is 8.78 Å². The molecule has 0 radical (unpaired) electrons. The zero-order valence-corrected chi connectivity index (χ0v) is 9.51. The number of hydrogen-bond donors (Lipinski definition) is 1. The Labute approximate surface area is 102 Å². The molecular weight excluding hydrogens is 246 g/mol. The van der Waals surface area contributed by atoms with Gasteiger partial charge in [-0.2, -0.15) is 0 Å². The minimum atomic E-state index is -0.472. The minimum absolute atomic E-state index is 0.148. The highest BCUT2D eigenvalue weighted by molar-refractivity contribution is 6.33. The Bertz CT molecular complexity index is 532. The van der Waals surface area contributed by atoms with E-state index in [1.54, 1.807) is 12.3 Å². The first-order valence-electron chi connectivity index (χ1n) is 4.94. The summed E-state index contributed by atoms with van der Waals surface area (Å²) in [7, 11) is 0. The first-order chi connectivity index (χ1) is 8.16. The van der Waals surface area contributed by atoms with E-state index in [2.05, 4.69) is 10.3 Å². The normalized spacial score (nSPS) is 10.3. The summed E-state index contributed by atoms with van der Waals surface area (Å²) in [5.74, 6) is -0.931. The third-order valence-corrected chi connectivity index (χ3v) is 2.57. The molecule has 0 saturated carbocycles. The summed E-state index contributed by atoms with van der Waals surface area (Å²) in [5, 5.41) is 3.38. The van der Waals surface area contributed by atoms with Gasteiger partial charge in [0.05, 0.1) is 16.9 Å². The van der Waals surface area contributed by atoms with E-state index in [-0.39, 0.29) is 12.1 Å². The van der Waals surface area contributed by atoms with Gasteiger partial charge in [0.15, 0.2) is 0 Å². The quantitative estimate of drug-likeness (QED) is 0.905. The molecule has 1 aromatic heterocycles. The molecule has 2 aromatic rings. The van der Waals surface area contributed by atoms with Crippen LogP contribution in [-0.2, 0) is 6.54 Å². The number of benzene rings is 1. The Morgan fingerprint density at radius 1 is 1.24 bits per heavy atom. The lowest BCUT2D eigenvalue weighted by Crippen LogP contribution is -2.03. The third kappa shape index (κ3) is 2.91. The lowest BCUT2D eigenvalue weighted by atomic mass is 10.2. The van der Waals surface area contributed by atoms with E-state index in [0.717, 1.165) is 18.2 Å². The predicted octanol–water partition coefficient (Wildman–Crippen LogP) is 3.63. The number of pyridine rings is 1. The fourth-order valence-corrected chi connectivity index (χ4v) is 1.55. The highest BCUT2D eigenvalue weighted by atomic mass is 35.5. The molecule has 0 aliphatic carbocycles. The average molecular weight is 255 g/mol. The fourth-order valence-electron chi connectivity index (χ4n) is 1.38. The van der Waals surface area contributed by atoms with Crippen molar-refractivity contribution < 1.29 is 8.78 Å². The predicted molar refractivity (Wildman–Crippen MR) is 62.9 cm³/mol. The summed E-state index contributed by atoms with van der Waals surface area (Å²) < 4.78 is 26.2. The Balaban J connectivity index is 2.12. The summed E-state index contributed by atoms with van der Waals surface area (Å²) in [4.78, 5) is 3.88. The number of nitrogens with zero attached hydrogens (tertiary/aromatic N) is 1. The summed E-state index contributed by atoms with van der Waals surface area (Å²) in [6, 6.07) is 4.94. The van der Waals surface area contributed by atoms with Crippen molar-refractivity contribution in [3.63, 3.8) is 0 Å². The summed E-state index contributed by atoms with van der Waals surface area (Å²) in [6.07, 6.45) is 3.08. The highest BCUT2D eigenvalue weighted by Crippen LogP contribution is 2.20. The van der Waals surface area contributed by atoms with Crippen molar-refractivity contribution >= 4 is 17.3 Å². The Hall–Kier alpha value is -1.68. The van der Waals surface area contributed by atoms with Crippen molar-refractivity contribution in [1.29, 1.82) is 0 Å². The second-order valence-electron chi connectivity index (χ2n) is 3.44. The molecule has 88 valence electrons. The second-order valence-corrected chi connectivity index (χ2v) is 3.85. The number of halogens is 3. The van der Waals surface area contributed by atoms with E-state index in [1.165, 1.54) is 6.20 Å². The number of nitrogens with one attached hydrogen (secondary N) is 1. The Morgan fingerprint density at radius 2 is 2.06 bits per heavy atom. The van der Waals surface area contributed by atoms with E-state index < -0.39 is 11.6 Å². The number of hydrogen-bond acceptors (Lipinski definition) is 2. The van der Waals surface area contributed by atoms with Crippen molar-refractivity contribution in [2.24, 2.45) is 0 Å². The molecule has 2 rings (SSSR count). The van der Waals surface area contributed by atoms with Gasteiger partial charge < -0.3 is 5.32 Å². The summed E-state index contributed by atoms with van der Waals surface area (Å²) in [6.45, 7) is 0.148. The fraction of sp³-hybridized carbons (Fsp3) is 0.0833. The molecule has 0 bridgehead atoms. The maximum atomic E-state index is 13.3. The lowest BCUT2D eigenvalue weighted by Gasteiger charge is -2.08. The van der Waals surface area contributed by atoms with Crippen LogP contribution in [0.15, 0.2) is 36.7 Å². The van der Waals surface area contributed by atoms with E-state index in [0.29, 0.717) is 10.7 Å². The van der Waals surface area contributed by atoms with E-state index in [4.69, 9.17) is 11.6 Å². The van der Waals surface area contributed by atoms with Crippen LogP contribution in [0.5, 0.6) is 0 Å². The Kier molecular flexibility index (Phi) is 3.54. The van der Waals surface area contributed by atoms with Gasteiger partial charge in [0.25, 0.3) is 0 Å². The lowest BCUT2D eigenvalue weighted by molar-refractivity contribution is 0.587. The van der Waals surface area contributed by atoms with Crippen molar-refractivity contribution in [3.8, 4) is 0 Å². The first-order valence-corrected chi connectivity index (χ1v) is 5.32. The topological polar surface area (TPSA) is 24.9 Å². The molecule has 0 fully saturated rings. The van der Waals surface area contributed by atoms with Gasteiger partial charge in [-0.05, 0) is 24.3 Å². The minimum Gasteiger partial charge on any atom is -0.378 e. The van der Waals surface area contributed by atoms with Crippen LogP contribution < -0.4 is 5.32 Å². The molecule has 17 heavy (non-hydrogen) atoms. The molecule has 1 heterocycles. The molecule has 0 aliphatic rings. The van der Waals surface area contributed by atoms with Gasteiger partial charge in [-0.25, -0.2) is 8.78 Å². The average Bonchev–Trinajstić information content (AvgIpc) is 2.32. The summed E-state index contributed by atoms with van der Waals surface area (Å²) in [5.41, 5.74) is 0.822. The summed E-state index contributed by atoms with van der Waals surface area (Å²) >= 11 is 5.89. The first kappa shape index (κ1) is 11.8. The Morgan fingerprint density at radius 3 is 2.82 bits per heavy atom. The van der Waals surface area contributed by atoms with Crippen molar-refractivity contribution in [3.05, 3.63) is 58.9 Å². The zero-order chi connectivity index (χ0) is 12.3. The SMILES string of the molecule is Fc1ccc(F)c(CNc2cnccc2Cl)c1. The maximum Gasteiger partial charge on any atom is 0.128 e. The van der Waals surface area contributed by atoms with Crippen LogP contribution in [0.4, 0.5) is 14.5 Å². The van der Waals surface area contributed by atoms with Crippen molar-refractivity contribution in [2.45, 2.75) is 6.54 Å². The number of rotatable bonds is 3. The number of aromatic nitrogens is 1. The van der Waals surface area contributed by atoms with Crippen molar-refractivity contribution in [2.75, 3.05) is 5.32 Å². The van der Waals surface area contributed by atoms with Gasteiger partial charge >= 0.3 is 0 Å². The monoisotopic (exact) mass is 254 g/mol. The van der Waals surface area contributed by atoms with Crippen LogP contribution in [0.2, 0.25) is 5.02 Å². The van der Waals surface area contributed by atoms with Gasteiger partial charge in [0, 0.05) is 18.3 Å². The smallest absolute Gasteiger partial charge is 0.128 e. The molecule has 0 amide bonds. The maximum absolute atomic E-state index is 13.3. The molecule has 1 N–H and O–H groups in total. The highest BCUT2D eigenvalue weighted by Gasteiger charge is 2.05. The molecule has 0 saturated heterocycles. The van der Waals surface area contributed by atoms with Crippen LogP contribution in [0.1, 0.15) is 5.56 Å². The molecule has 0 unspecified atom stereocenters. The van der Waals surface area contributed by atoms with Gasteiger partial charge in [-0.3, -0.25) is 4.98 Å². The van der Waals surface area contributed by atoms with Gasteiger partial charge in [-0.15, -0.1) is 0 Å². The van der Waals surface area contributed by atoms with Gasteiger partial charge in [-0.1, -0.05) is 11.6 Å². The molecule has 0 aliphatic heterocycles. The van der Waals surface area contributed by atoms with Crippen LogP contribution >= 0.6 is 11.6 Å². The largest absolute Gasteiger partial charge is 0.378 e. The van der Waals surface area contributed by atoms with E-state index >= 15 is 0 Å². The molecule has 1 aromatic carbocycles. The molecule has 0 atom stereocenters. The van der Waals surface area contributed by atoms with Crippen molar-refractivity contribution in [1.82, 2.24) is 4.98 Å². The van der Waals surface area contributed by atoms with Gasteiger partial charge in [0.1, 0.15) is 11.6 Å². The molecule has 0 spiro atoms. The van der Waals surface area contributed by atoms with Crippen LogP contribution in [0.3, 0.4) is 0 Å².